The van der Waals surface area contributed by atoms with Gasteiger partial charge in [0.1, 0.15) is 5.76 Å². The van der Waals surface area contributed by atoms with Crippen LogP contribution in [0.15, 0.2) is 53.1 Å². The third-order valence-electron chi connectivity index (χ3n) is 5.66. The van der Waals surface area contributed by atoms with Crippen LogP contribution in [0.25, 0.3) is 17.6 Å². The molecule has 8 nitrogen and oxygen atoms in total. The Hall–Kier alpha value is -4.20. The van der Waals surface area contributed by atoms with Crippen molar-refractivity contribution in [3.8, 4) is 11.5 Å². The van der Waals surface area contributed by atoms with Crippen LogP contribution < -0.4 is 0 Å². The number of rotatable bonds is 7. The molecule has 0 N–H and O–H groups in total. The lowest BCUT2D eigenvalue weighted by Gasteiger charge is -2.05. The Morgan fingerprint density at radius 2 is 1.76 bits per heavy atom. The second kappa shape index (κ2) is 9.35. The first-order chi connectivity index (χ1) is 16.3. The Labute approximate surface area is 197 Å². The SMILES string of the molecule is Cc1cc(-n2c(C)cc(C(=O)COC(=O)/C=C/c3c(C)nn(-c4ccccc4)c3C)c2C)no1. The molecule has 0 saturated carbocycles. The van der Waals surface area contributed by atoms with Crippen LogP contribution in [0, 0.1) is 34.6 Å². The maximum absolute atomic E-state index is 12.7. The van der Waals surface area contributed by atoms with Crippen molar-refractivity contribution in [2.24, 2.45) is 0 Å². The summed E-state index contributed by atoms with van der Waals surface area (Å²) in [5.74, 6) is 0.398. The number of hydrogen-bond donors (Lipinski definition) is 0. The summed E-state index contributed by atoms with van der Waals surface area (Å²) in [6.07, 6.45) is 2.99. The molecule has 0 atom stereocenters. The number of aryl methyl sites for hydroxylation is 3. The monoisotopic (exact) mass is 458 g/mol. The molecule has 34 heavy (non-hydrogen) atoms. The zero-order chi connectivity index (χ0) is 24.4. The molecule has 1 aromatic carbocycles. The summed E-state index contributed by atoms with van der Waals surface area (Å²) in [6, 6.07) is 13.3. The highest BCUT2D eigenvalue weighted by Gasteiger charge is 2.19. The predicted molar refractivity (Wildman–Crippen MR) is 127 cm³/mol. The molecule has 0 aliphatic rings. The van der Waals surface area contributed by atoms with Gasteiger partial charge in [0, 0.05) is 40.4 Å². The largest absolute Gasteiger partial charge is 0.454 e. The van der Waals surface area contributed by atoms with Gasteiger partial charge in [-0.2, -0.15) is 5.10 Å². The van der Waals surface area contributed by atoms with Gasteiger partial charge < -0.3 is 9.26 Å². The lowest BCUT2D eigenvalue weighted by atomic mass is 10.1. The first-order valence-corrected chi connectivity index (χ1v) is 10.9. The molecule has 0 saturated heterocycles. The zero-order valence-electron chi connectivity index (χ0n) is 19.8. The lowest BCUT2D eigenvalue weighted by molar-refractivity contribution is -0.136. The van der Waals surface area contributed by atoms with E-state index in [9.17, 15) is 9.59 Å². The summed E-state index contributed by atoms with van der Waals surface area (Å²) in [5, 5.41) is 8.58. The van der Waals surface area contributed by atoms with E-state index in [4.69, 9.17) is 9.26 Å². The fraction of sp³-hybridized carbons (Fsp3) is 0.231. The summed E-state index contributed by atoms with van der Waals surface area (Å²) >= 11 is 0. The lowest BCUT2D eigenvalue weighted by Crippen LogP contribution is -2.13. The molecule has 3 heterocycles. The summed E-state index contributed by atoms with van der Waals surface area (Å²) in [5.41, 5.74) is 5.48. The van der Waals surface area contributed by atoms with E-state index in [-0.39, 0.29) is 12.4 Å². The van der Waals surface area contributed by atoms with Gasteiger partial charge in [0.05, 0.1) is 11.4 Å². The molecule has 0 unspecified atom stereocenters. The molecule has 0 fully saturated rings. The standard InChI is InChI=1S/C26H26N4O4/c1-16-13-23(19(4)29(16)25-14-17(2)34-28-25)24(31)15-33-26(32)12-11-22-18(3)27-30(20(22)5)21-9-7-6-8-10-21/h6-14H,15H2,1-5H3/b12-11+. The fourth-order valence-electron chi connectivity index (χ4n) is 3.99. The molecule has 4 rings (SSSR count). The van der Waals surface area contributed by atoms with Crippen LogP contribution >= 0.6 is 0 Å². The van der Waals surface area contributed by atoms with Crippen molar-refractivity contribution in [1.29, 1.82) is 0 Å². The summed E-state index contributed by atoms with van der Waals surface area (Å²) < 4.78 is 14.0. The summed E-state index contributed by atoms with van der Waals surface area (Å²) in [6.45, 7) is 8.97. The topological polar surface area (TPSA) is 92.2 Å². The molecule has 0 radical (unpaired) electrons. The van der Waals surface area contributed by atoms with Crippen molar-refractivity contribution < 1.29 is 18.8 Å². The van der Waals surface area contributed by atoms with E-state index < -0.39 is 5.97 Å². The number of carbonyl (C=O) groups excluding carboxylic acids is 2. The van der Waals surface area contributed by atoms with Gasteiger partial charge in [0.15, 0.2) is 12.4 Å². The van der Waals surface area contributed by atoms with E-state index in [0.29, 0.717) is 22.8 Å². The Bertz CT molecular complexity index is 1390. The van der Waals surface area contributed by atoms with E-state index in [1.165, 1.54) is 6.08 Å². The van der Waals surface area contributed by atoms with Crippen LogP contribution in [0.1, 0.15) is 44.5 Å². The number of esters is 1. The summed E-state index contributed by atoms with van der Waals surface area (Å²) in [4.78, 5) is 25.1. The van der Waals surface area contributed by atoms with Crippen molar-refractivity contribution in [2.45, 2.75) is 34.6 Å². The molecule has 0 bridgehead atoms. The van der Waals surface area contributed by atoms with Gasteiger partial charge in [-0.3, -0.25) is 9.36 Å². The van der Waals surface area contributed by atoms with Gasteiger partial charge in [-0.15, -0.1) is 0 Å². The number of benzene rings is 1. The molecule has 0 amide bonds. The van der Waals surface area contributed by atoms with Crippen LogP contribution in [0.5, 0.6) is 0 Å². The number of aromatic nitrogens is 4. The first-order valence-electron chi connectivity index (χ1n) is 10.9. The van der Waals surface area contributed by atoms with E-state index in [1.54, 1.807) is 25.1 Å². The normalized spacial score (nSPS) is 11.3. The molecular weight excluding hydrogens is 432 g/mol. The van der Waals surface area contributed by atoms with E-state index in [0.717, 1.165) is 28.3 Å². The fourth-order valence-corrected chi connectivity index (χ4v) is 3.99. The third-order valence-corrected chi connectivity index (χ3v) is 5.66. The molecule has 4 aromatic rings. The van der Waals surface area contributed by atoms with Gasteiger partial charge in [-0.05, 0) is 58.9 Å². The maximum Gasteiger partial charge on any atom is 0.331 e. The Kier molecular flexibility index (Phi) is 6.32. The van der Waals surface area contributed by atoms with Crippen molar-refractivity contribution in [3.63, 3.8) is 0 Å². The third kappa shape index (κ3) is 4.47. The number of nitrogens with zero attached hydrogens (tertiary/aromatic N) is 4. The second-order valence-corrected chi connectivity index (χ2v) is 8.11. The highest BCUT2D eigenvalue weighted by Crippen LogP contribution is 2.22. The van der Waals surface area contributed by atoms with E-state index in [1.807, 2.05) is 67.3 Å². The quantitative estimate of drug-likeness (QED) is 0.228. The highest BCUT2D eigenvalue weighted by molar-refractivity contribution is 6.00. The Morgan fingerprint density at radius 3 is 2.44 bits per heavy atom. The van der Waals surface area contributed by atoms with Gasteiger partial charge >= 0.3 is 5.97 Å². The number of para-hydroxylation sites is 1. The van der Waals surface area contributed by atoms with Crippen LogP contribution in [0.2, 0.25) is 0 Å². The number of Topliss-reactive ketones (excluding diaryl/α,β-unsaturated/α-hetero) is 1. The van der Waals surface area contributed by atoms with Gasteiger partial charge in [0.2, 0.25) is 5.78 Å². The highest BCUT2D eigenvalue weighted by atomic mass is 16.5. The van der Waals surface area contributed by atoms with E-state index in [2.05, 4.69) is 10.3 Å². The van der Waals surface area contributed by atoms with Crippen molar-refractivity contribution in [3.05, 3.63) is 88.2 Å². The zero-order valence-corrected chi connectivity index (χ0v) is 19.8. The van der Waals surface area contributed by atoms with E-state index >= 15 is 0 Å². The minimum absolute atomic E-state index is 0.287. The molecule has 174 valence electrons. The molecule has 0 spiro atoms. The number of hydrogen-bond acceptors (Lipinski definition) is 6. The molecule has 8 heteroatoms. The van der Waals surface area contributed by atoms with Gasteiger partial charge in [0.25, 0.3) is 0 Å². The average Bonchev–Trinajstić information content (AvgIpc) is 3.46. The van der Waals surface area contributed by atoms with Crippen molar-refractivity contribution >= 4 is 17.8 Å². The second-order valence-electron chi connectivity index (χ2n) is 8.11. The van der Waals surface area contributed by atoms with Gasteiger partial charge in [-0.25, -0.2) is 9.48 Å². The summed E-state index contributed by atoms with van der Waals surface area (Å²) in [7, 11) is 0. The van der Waals surface area contributed by atoms with Crippen LogP contribution in [0.4, 0.5) is 0 Å². The van der Waals surface area contributed by atoms with Gasteiger partial charge in [-0.1, -0.05) is 23.4 Å². The average molecular weight is 459 g/mol. The molecule has 0 aliphatic carbocycles. The molecular formula is C26H26N4O4. The van der Waals surface area contributed by atoms with Crippen LogP contribution in [0.3, 0.4) is 0 Å². The van der Waals surface area contributed by atoms with Crippen molar-refractivity contribution in [2.75, 3.05) is 6.61 Å². The molecule has 3 aromatic heterocycles. The number of carbonyl (C=O) groups is 2. The molecule has 0 aliphatic heterocycles. The minimum Gasteiger partial charge on any atom is -0.454 e. The Morgan fingerprint density at radius 1 is 1.03 bits per heavy atom. The smallest absolute Gasteiger partial charge is 0.331 e. The van der Waals surface area contributed by atoms with Crippen LogP contribution in [-0.2, 0) is 9.53 Å². The number of ether oxygens (including phenoxy) is 1. The maximum atomic E-state index is 12.7. The minimum atomic E-state index is -0.597. The predicted octanol–water partition coefficient (Wildman–Crippen LogP) is 4.63. The number of ketones is 1. The van der Waals surface area contributed by atoms with Crippen molar-refractivity contribution in [1.82, 2.24) is 19.5 Å². The Balaban J connectivity index is 1.43. The first kappa shape index (κ1) is 23.0. The van der Waals surface area contributed by atoms with Crippen LogP contribution in [-0.4, -0.2) is 37.9 Å².